The minimum atomic E-state index is -0.0405. The Morgan fingerprint density at radius 3 is 2.44 bits per heavy atom. The SMILES string of the molecule is CCc1ccc(Cn2cc(C(Cl)CC)nn2)cc1. The molecule has 0 aliphatic carbocycles. The van der Waals surface area contributed by atoms with E-state index in [2.05, 4.69) is 41.5 Å². The largest absolute Gasteiger partial charge is 0.248 e. The molecule has 0 aliphatic rings. The van der Waals surface area contributed by atoms with E-state index in [0.717, 1.165) is 25.1 Å². The number of nitrogens with zero attached hydrogens (tertiary/aromatic N) is 3. The van der Waals surface area contributed by atoms with Crippen molar-refractivity contribution in [1.29, 1.82) is 0 Å². The van der Waals surface area contributed by atoms with Crippen molar-refractivity contribution in [3.05, 3.63) is 47.3 Å². The molecule has 0 radical (unpaired) electrons. The van der Waals surface area contributed by atoms with E-state index >= 15 is 0 Å². The zero-order valence-electron chi connectivity index (χ0n) is 10.8. The maximum atomic E-state index is 6.13. The maximum Gasteiger partial charge on any atom is 0.101 e. The second-order valence-electron chi connectivity index (χ2n) is 4.39. The quantitative estimate of drug-likeness (QED) is 0.772. The summed E-state index contributed by atoms with van der Waals surface area (Å²) < 4.78 is 1.83. The molecule has 4 heteroatoms. The third-order valence-electron chi connectivity index (χ3n) is 3.01. The van der Waals surface area contributed by atoms with E-state index in [1.165, 1.54) is 11.1 Å². The lowest BCUT2D eigenvalue weighted by Crippen LogP contribution is -2.00. The molecule has 1 atom stereocenters. The summed E-state index contributed by atoms with van der Waals surface area (Å²) in [5, 5.41) is 8.16. The fourth-order valence-corrected chi connectivity index (χ4v) is 1.91. The molecule has 0 fully saturated rings. The van der Waals surface area contributed by atoms with Crippen LogP contribution in [-0.2, 0) is 13.0 Å². The van der Waals surface area contributed by atoms with Crippen LogP contribution >= 0.6 is 11.6 Å². The van der Waals surface area contributed by atoms with Crippen molar-refractivity contribution in [1.82, 2.24) is 15.0 Å². The van der Waals surface area contributed by atoms with Gasteiger partial charge in [0.1, 0.15) is 5.69 Å². The van der Waals surface area contributed by atoms with Crippen molar-refractivity contribution in [2.24, 2.45) is 0 Å². The summed E-state index contributed by atoms with van der Waals surface area (Å²) >= 11 is 6.13. The topological polar surface area (TPSA) is 30.7 Å². The van der Waals surface area contributed by atoms with Crippen molar-refractivity contribution >= 4 is 11.6 Å². The lowest BCUT2D eigenvalue weighted by molar-refractivity contribution is 0.649. The summed E-state index contributed by atoms with van der Waals surface area (Å²) in [6.45, 7) is 4.94. The number of hydrogen-bond acceptors (Lipinski definition) is 2. The Bertz CT molecular complexity index is 490. The van der Waals surface area contributed by atoms with Gasteiger partial charge in [0.25, 0.3) is 0 Å². The molecule has 0 aliphatic heterocycles. The van der Waals surface area contributed by atoms with Gasteiger partial charge in [-0.25, -0.2) is 4.68 Å². The molecule has 2 rings (SSSR count). The van der Waals surface area contributed by atoms with Crippen LogP contribution in [0.1, 0.15) is 42.5 Å². The summed E-state index contributed by atoms with van der Waals surface area (Å²) in [6, 6.07) is 8.59. The molecule has 0 saturated heterocycles. The maximum absolute atomic E-state index is 6.13. The molecule has 0 N–H and O–H groups in total. The van der Waals surface area contributed by atoms with Gasteiger partial charge in [-0.2, -0.15) is 0 Å². The summed E-state index contributed by atoms with van der Waals surface area (Å²) in [6.07, 6.45) is 3.86. The molecular formula is C14H18ClN3. The van der Waals surface area contributed by atoms with Crippen LogP contribution in [0.2, 0.25) is 0 Å². The van der Waals surface area contributed by atoms with E-state index in [-0.39, 0.29) is 5.38 Å². The second-order valence-corrected chi connectivity index (χ2v) is 4.91. The smallest absolute Gasteiger partial charge is 0.101 e. The van der Waals surface area contributed by atoms with Crippen LogP contribution in [0.15, 0.2) is 30.5 Å². The van der Waals surface area contributed by atoms with E-state index in [4.69, 9.17) is 11.6 Å². The van der Waals surface area contributed by atoms with Gasteiger partial charge in [-0.1, -0.05) is 43.3 Å². The fraction of sp³-hybridized carbons (Fsp3) is 0.429. The highest BCUT2D eigenvalue weighted by Crippen LogP contribution is 2.20. The van der Waals surface area contributed by atoms with Crippen LogP contribution in [0.25, 0.3) is 0 Å². The normalized spacial score (nSPS) is 12.6. The van der Waals surface area contributed by atoms with Crippen LogP contribution in [0.4, 0.5) is 0 Å². The Labute approximate surface area is 113 Å². The highest BCUT2D eigenvalue weighted by atomic mass is 35.5. The first-order valence-electron chi connectivity index (χ1n) is 6.34. The summed E-state index contributed by atoms with van der Waals surface area (Å²) in [5.74, 6) is 0. The van der Waals surface area contributed by atoms with E-state index in [0.29, 0.717) is 0 Å². The van der Waals surface area contributed by atoms with Gasteiger partial charge in [0.05, 0.1) is 18.1 Å². The molecule has 0 spiro atoms. The molecule has 0 amide bonds. The van der Waals surface area contributed by atoms with Crippen molar-refractivity contribution in [3.8, 4) is 0 Å². The van der Waals surface area contributed by atoms with Crippen LogP contribution in [0.5, 0.6) is 0 Å². The Morgan fingerprint density at radius 1 is 1.17 bits per heavy atom. The van der Waals surface area contributed by atoms with Crippen molar-refractivity contribution in [2.45, 2.75) is 38.6 Å². The average Bonchev–Trinajstić information content (AvgIpc) is 2.87. The van der Waals surface area contributed by atoms with E-state index in [1.807, 2.05) is 17.8 Å². The van der Waals surface area contributed by atoms with Crippen molar-refractivity contribution in [3.63, 3.8) is 0 Å². The van der Waals surface area contributed by atoms with Crippen LogP contribution in [0.3, 0.4) is 0 Å². The van der Waals surface area contributed by atoms with E-state index in [1.54, 1.807) is 0 Å². The average molecular weight is 264 g/mol. The monoisotopic (exact) mass is 263 g/mol. The minimum absolute atomic E-state index is 0.0405. The molecule has 1 heterocycles. The predicted molar refractivity (Wildman–Crippen MR) is 73.8 cm³/mol. The molecule has 96 valence electrons. The zero-order valence-corrected chi connectivity index (χ0v) is 11.6. The van der Waals surface area contributed by atoms with Gasteiger partial charge < -0.3 is 0 Å². The lowest BCUT2D eigenvalue weighted by Gasteiger charge is -2.02. The van der Waals surface area contributed by atoms with Gasteiger partial charge in [0.15, 0.2) is 0 Å². The summed E-state index contributed by atoms with van der Waals surface area (Å²) in [7, 11) is 0. The van der Waals surface area contributed by atoms with E-state index < -0.39 is 0 Å². The van der Waals surface area contributed by atoms with Crippen molar-refractivity contribution in [2.75, 3.05) is 0 Å². The standard InChI is InChI=1S/C14H18ClN3/c1-3-11-5-7-12(8-6-11)9-18-10-14(16-17-18)13(15)4-2/h5-8,10,13H,3-4,9H2,1-2H3. The highest BCUT2D eigenvalue weighted by Gasteiger charge is 2.09. The Balaban J connectivity index is 2.06. The predicted octanol–water partition coefficient (Wildman–Crippen LogP) is 3.58. The number of benzene rings is 1. The van der Waals surface area contributed by atoms with Crippen LogP contribution in [0, 0.1) is 0 Å². The second kappa shape index (κ2) is 6.01. The lowest BCUT2D eigenvalue weighted by atomic mass is 10.1. The molecule has 0 saturated carbocycles. The van der Waals surface area contributed by atoms with Gasteiger partial charge in [0.2, 0.25) is 0 Å². The third kappa shape index (κ3) is 3.10. The first kappa shape index (κ1) is 13.1. The molecule has 18 heavy (non-hydrogen) atoms. The number of halogens is 1. The highest BCUT2D eigenvalue weighted by molar-refractivity contribution is 6.20. The third-order valence-corrected chi connectivity index (χ3v) is 3.54. The van der Waals surface area contributed by atoms with Crippen molar-refractivity contribution < 1.29 is 0 Å². The number of hydrogen-bond donors (Lipinski definition) is 0. The number of aryl methyl sites for hydroxylation is 1. The summed E-state index contributed by atoms with van der Waals surface area (Å²) in [5.41, 5.74) is 3.43. The molecule has 1 unspecified atom stereocenters. The first-order valence-corrected chi connectivity index (χ1v) is 6.78. The molecular weight excluding hydrogens is 246 g/mol. The van der Waals surface area contributed by atoms with Gasteiger partial charge >= 0.3 is 0 Å². The molecule has 1 aromatic carbocycles. The zero-order chi connectivity index (χ0) is 13.0. The number of aromatic nitrogens is 3. The molecule has 0 bridgehead atoms. The van der Waals surface area contributed by atoms with Gasteiger partial charge in [-0.05, 0) is 24.0 Å². The molecule has 1 aromatic heterocycles. The number of alkyl halides is 1. The van der Waals surface area contributed by atoms with E-state index in [9.17, 15) is 0 Å². The minimum Gasteiger partial charge on any atom is -0.248 e. The Kier molecular flexibility index (Phi) is 4.37. The van der Waals surface area contributed by atoms with Crippen LogP contribution in [-0.4, -0.2) is 15.0 Å². The fourth-order valence-electron chi connectivity index (χ4n) is 1.81. The van der Waals surface area contributed by atoms with Gasteiger partial charge in [0, 0.05) is 0 Å². The molecule has 3 nitrogen and oxygen atoms in total. The first-order chi connectivity index (χ1) is 8.72. The van der Waals surface area contributed by atoms with Crippen LogP contribution < -0.4 is 0 Å². The summed E-state index contributed by atoms with van der Waals surface area (Å²) in [4.78, 5) is 0. The Hall–Kier alpha value is -1.35. The van der Waals surface area contributed by atoms with Gasteiger partial charge in [-0.15, -0.1) is 16.7 Å². The molecule has 2 aromatic rings. The Morgan fingerprint density at radius 2 is 1.83 bits per heavy atom. The van der Waals surface area contributed by atoms with Gasteiger partial charge in [-0.3, -0.25) is 0 Å². The number of rotatable bonds is 5.